The summed E-state index contributed by atoms with van der Waals surface area (Å²) in [7, 11) is 0. The molecule has 0 heterocycles. The van der Waals surface area contributed by atoms with Gasteiger partial charge in [-0.25, -0.2) is 0 Å². The van der Waals surface area contributed by atoms with Gasteiger partial charge in [-0.3, -0.25) is 9.59 Å². The van der Waals surface area contributed by atoms with Crippen LogP contribution in [0.4, 0.5) is 0 Å². The number of nitrogens with one attached hydrogen (secondary N) is 1. The quantitative estimate of drug-likeness (QED) is 0.792. The zero-order valence-electron chi connectivity index (χ0n) is 13.0. The first-order chi connectivity index (χ1) is 10.1. The van der Waals surface area contributed by atoms with Crippen molar-refractivity contribution in [2.75, 3.05) is 26.2 Å². The van der Waals surface area contributed by atoms with Crippen LogP contribution >= 0.6 is 0 Å². The van der Waals surface area contributed by atoms with Gasteiger partial charge in [-0.05, 0) is 31.9 Å². The minimum atomic E-state index is -0.186. The van der Waals surface area contributed by atoms with Crippen LogP contribution in [-0.4, -0.2) is 43.0 Å². The molecular formula is C16H24N2O3. The molecular weight excluding hydrogens is 268 g/mol. The summed E-state index contributed by atoms with van der Waals surface area (Å²) < 4.78 is 5.59. The predicted molar refractivity (Wildman–Crippen MR) is 82.3 cm³/mol. The van der Waals surface area contributed by atoms with Gasteiger partial charge in [0.15, 0.2) is 6.61 Å². The van der Waals surface area contributed by atoms with Crippen LogP contribution in [0.15, 0.2) is 24.3 Å². The minimum Gasteiger partial charge on any atom is -0.483 e. The van der Waals surface area contributed by atoms with Gasteiger partial charge in [0.05, 0.1) is 6.54 Å². The van der Waals surface area contributed by atoms with E-state index in [4.69, 9.17) is 4.74 Å². The average molecular weight is 292 g/mol. The number of benzene rings is 1. The molecule has 1 aromatic carbocycles. The van der Waals surface area contributed by atoms with Gasteiger partial charge in [0.2, 0.25) is 5.91 Å². The Morgan fingerprint density at radius 2 is 1.90 bits per heavy atom. The maximum Gasteiger partial charge on any atom is 0.260 e. The Hall–Kier alpha value is -2.04. The zero-order valence-corrected chi connectivity index (χ0v) is 13.0. The van der Waals surface area contributed by atoms with Crippen molar-refractivity contribution in [2.45, 2.75) is 27.2 Å². The highest BCUT2D eigenvalue weighted by Gasteiger charge is 2.16. The van der Waals surface area contributed by atoms with E-state index in [1.54, 1.807) is 0 Å². The highest BCUT2D eigenvalue weighted by Crippen LogP contribution is 2.18. The number of ether oxygens (including phenoxy) is 1. The summed E-state index contributed by atoms with van der Waals surface area (Å²) in [6.45, 7) is 6.79. The molecule has 0 bridgehead atoms. The lowest BCUT2D eigenvalue weighted by Gasteiger charge is -2.20. The normalized spacial score (nSPS) is 10.0. The second-order valence-electron chi connectivity index (χ2n) is 4.61. The molecule has 21 heavy (non-hydrogen) atoms. The number of amides is 2. The lowest BCUT2D eigenvalue weighted by Crippen LogP contribution is -2.42. The molecule has 5 nitrogen and oxygen atoms in total. The number of hydrogen-bond donors (Lipinski definition) is 1. The lowest BCUT2D eigenvalue weighted by molar-refractivity contribution is -0.137. The summed E-state index contributed by atoms with van der Waals surface area (Å²) in [5.74, 6) is 0.388. The standard InChI is InChI=1S/C16H24N2O3/c1-4-13-9-7-8-10-14(13)21-12-16(20)18(6-3)11-15(19)17-5-2/h7-10H,4-6,11-12H2,1-3H3,(H,17,19). The van der Waals surface area contributed by atoms with E-state index in [2.05, 4.69) is 5.32 Å². The van der Waals surface area contributed by atoms with Crippen molar-refractivity contribution in [2.24, 2.45) is 0 Å². The van der Waals surface area contributed by atoms with Gasteiger partial charge in [0.1, 0.15) is 5.75 Å². The number of hydrogen-bond acceptors (Lipinski definition) is 3. The van der Waals surface area contributed by atoms with Crippen molar-refractivity contribution in [1.29, 1.82) is 0 Å². The maximum atomic E-state index is 12.1. The van der Waals surface area contributed by atoms with Crippen LogP contribution in [0.2, 0.25) is 0 Å². The molecule has 0 aliphatic rings. The third-order valence-electron chi connectivity index (χ3n) is 3.15. The largest absolute Gasteiger partial charge is 0.483 e. The van der Waals surface area contributed by atoms with Crippen LogP contribution in [0.1, 0.15) is 26.3 Å². The van der Waals surface area contributed by atoms with Gasteiger partial charge < -0.3 is 15.0 Å². The molecule has 0 fully saturated rings. The smallest absolute Gasteiger partial charge is 0.260 e. The molecule has 0 aliphatic heterocycles. The molecule has 1 N–H and O–H groups in total. The fraction of sp³-hybridized carbons (Fsp3) is 0.500. The fourth-order valence-electron chi connectivity index (χ4n) is 1.97. The Morgan fingerprint density at radius 1 is 1.19 bits per heavy atom. The van der Waals surface area contributed by atoms with Crippen molar-refractivity contribution in [3.05, 3.63) is 29.8 Å². The van der Waals surface area contributed by atoms with Crippen molar-refractivity contribution in [1.82, 2.24) is 10.2 Å². The number of nitrogens with zero attached hydrogens (tertiary/aromatic N) is 1. The van der Waals surface area contributed by atoms with Crippen LogP contribution in [0.25, 0.3) is 0 Å². The van der Waals surface area contributed by atoms with E-state index in [-0.39, 0.29) is 25.0 Å². The van der Waals surface area contributed by atoms with Crippen molar-refractivity contribution < 1.29 is 14.3 Å². The topological polar surface area (TPSA) is 58.6 Å². The van der Waals surface area contributed by atoms with Gasteiger partial charge in [0, 0.05) is 13.1 Å². The molecule has 0 spiro atoms. The van der Waals surface area contributed by atoms with E-state index in [9.17, 15) is 9.59 Å². The monoisotopic (exact) mass is 292 g/mol. The SMILES string of the molecule is CCNC(=O)CN(CC)C(=O)COc1ccccc1CC. The third-order valence-corrected chi connectivity index (χ3v) is 3.15. The molecule has 5 heteroatoms. The lowest BCUT2D eigenvalue weighted by atomic mass is 10.1. The van der Waals surface area contributed by atoms with Crippen LogP contribution < -0.4 is 10.1 Å². The number of carbonyl (C=O) groups excluding carboxylic acids is 2. The van der Waals surface area contributed by atoms with E-state index < -0.39 is 0 Å². The molecule has 0 aromatic heterocycles. The average Bonchev–Trinajstić information content (AvgIpc) is 2.50. The molecule has 1 rings (SSSR count). The van der Waals surface area contributed by atoms with Crippen LogP contribution in [0.5, 0.6) is 5.75 Å². The Kier molecular flexibility index (Phi) is 7.29. The van der Waals surface area contributed by atoms with E-state index in [0.29, 0.717) is 13.1 Å². The number of rotatable bonds is 8. The Morgan fingerprint density at radius 3 is 2.52 bits per heavy atom. The van der Waals surface area contributed by atoms with E-state index in [1.165, 1.54) is 4.90 Å². The molecule has 0 radical (unpaired) electrons. The summed E-state index contributed by atoms with van der Waals surface area (Å²) in [6.07, 6.45) is 0.848. The third kappa shape index (κ3) is 5.45. The van der Waals surface area contributed by atoms with Crippen molar-refractivity contribution in [3.63, 3.8) is 0 Å². The molecule has 1 aromatic rings. The van der Waals surface area contributed by atoms with Gasteiger partial charge in [-0.2, -0.15) is 0 Å². The summed E-state index contributed by atoms with van der Waals surface area (Å²) in [4.78, 5) is 25.1. The van der Waals surface area contributed by atoms with Gasteiger partial charge in [-0.15, -0.1) is 0 Å². The predicted octanol–water partition coefficient (Wildman–Crippen LogP) is 1.61. The first-order valence-electron chi connectivity index (χ1n) is 7.37. The highest BCUT2D eigenvalue weighted by atomic mass is 16.5. The zero-order chi connectivity index (χ0) is 15.7. The van der Waals surface area contributed by atoms with Gasteiger partial charge in [-0.1, -0.05) is 25.1 Å². The van der Waals surface area contributed by atoms with Crippen LogP contribution in [-0.2, 0) is 16.0 Å². The highest BCUT2D eigenvalue weighted by molar-refractivity contribution is 5.85. The first-order valence-corrected chi connectivity index (χ1v) is 7.37. The van der Waals surface area contributed by atoms with Crippen LogP contribution in [0, 0.1) is 0 Å². The molecule has 0 unspecified atom stereocenters. The summed E-state index contributed by atoms with van der Waals surface area (Å²) in [6, 6.07) is 7.66. The minimum absolute atomic E-state index is 0.0513. The number of aryl methyl sites for hydroxylation is 1. The fourth-order valence-corrected chi connectivity index (χ4v) is 1.97. The molecule has 0 saturated carbocycles. The molecule has 2 amide bonds. The number of para-hydroxylation sites is 1. The maximum absolute atomic E-state index is 12.1. The van der Waals surface area contributed by atoms with E-state index >= 15 is 0 Å². The Balaban J connectivity index is 2.56. The van der Waals surface area contributed by atoms with Gasteiger partial charge in [0.25, 0.3) is 5.91 Å². The molecule has 116 valence electrons. The summed E-state index contributed by atoms with van der Waals surface area (Å²) in [5, 5.41) is 2.68. The summed E-state index contributed by atoms with van der Waals surface area (Å²) in [5.41, 5.74) is 1.07. The van der Waals surface area contributed by atoms with Crippen molar-refractivity contribution in [3.8, 4) is 5.75 Å². The number of likely N-dealkylation sites (N-methyl/N-ethyl adjacent to an activating group) is 2. The van der Waals surface area contributed by atoms with Crippen molar-refractivity contribution >= 4 is 11.8 Å². The molecule has 0 aliphatic carbocycles. The number of carbonyl (C=O) groups is 2. The van der Waals surface area contributed by atoms with E-state index in [1.807, 2.05) is 45.0 Å². The molecule has 0 atom stereocenters. The Labute approximate surface area is 126 Å². The molecule has 0 saturated heterocycles. The van der Waals surface area contributed by atoms with Crippen LogP contribution in [0.3, 0.4) is 0 Å². The van der Waals surface area contributed by atoms with E-state index in [0.717, 1.165) is 17.7 Å². The summed E-state index contributed by atoms with van der Waals surface area (Å²) >= 11 is 0. The first kappa shape index (κ1) is 17.0. The van der Waals surface area contributed by atoms with Gasteiger partial charge >= 0.3 is 0 Å². The second-order valence-corrected chi connectivity index (χ2v) is 4.61. The Bertz CT molecular complexity index is 474. The second kappa shape index (κ2) is 9.00.